The largest absolute Gasteiger partial charge is 0.573 e. The highest BCUT2D eigenvalue weighted by Crippen LogP contribution is 2.36. The normalized spacial score (nSPS) is 21.0. The van der Waals surface area contributed by atoms with Crippen molar-refractivity contribution in [3.8, 4) is 5.75 Å². The Hall–Kier alpha value is -1.38. The van der Waals surface area contributed by atoms with Crippen LogP contribution in [0.25, 0.3) is 0 Å². The Balaban J connectivity index is 1.87. The van der Waals surface area contributed by atoms with Crippen LogP contribution in [0.5, 0.6) is 5.75 Å². The molecule has 2 atom stereocenters. The summed E-state index contributed by atoms with van der Waals surface area (Å²) >= 11 is 0. The number of rotatable bonds is 7. The fourth-order valence-corrected chi connectivity index (χ4v) is 3.96. The summed E-state index contributed by atoms with van der Waals surface area (Å²) in [5.74, 6) is -0.336. The van der Waals surface area contributed by atoms with E-state index in [4.69, 9.17) is 4.43 Å². The van der Waals surface area contributed by atoms with Crippen LogP contribution in [0.3, 0.4) is 0 Å². The summed E-state index contributed by atoms with van der Waals surface area (Å²) in [7, 11) is -1.84. The molecule has 1 heterocycles. The van der Waals surface area contributed by atoms with Crippen LogP contribution in [0, 0.1) is 0 Å². The van der Waals surface area contributed by atoms with E-state index in [0.717, 1.165) is 6.42 Å². The SMILES string of the molecule is CC(C)(C)[Si](C)(C)OC[C@H]1CC[C@@H](C(=O)Cc2cccc(OC(F)(F)F)c2)N1. The van der Waals surface area contributed by atoms with Gasteiger partial charge in [-0.3, -0.25) is 4.79 Å². The number of ketones is 1. The minimum atomic E-state index is -4.74. The summed E-state index contributed by atoms with van der Waals surface area (Å²) in [6.45, 7) is 11.5. The molecule has 8 heteroatoms. The number of ether oxygens (including phenoxy) is 1. The van der Waals surface area contributed by atoms with Gasteiger partial charge in [-0.15, -0.1) is 13.2 Å². The van der Waals surface area contributed by atoms with Crippen LogP contribution < -0.4 is 10.1 Å². The van der Waals surface area contributed by atoms with Gasteiger partial charge in [-0.05, 0) is 48.7 Å². The number of halogens is 3. The third-order valence-electron chi connectivity index (χ3n) is 5.59. The Morgan fingerprint density at radius 2 is 1.89 bits per heavy atom. The molecule has 1 aliphatic rings. The summed E-state index contributed by atoms with van der Waals surface area (Å²) < 4.78 is 47.2. The number of alkyl halides is 3. The minimum Gasteiger partial charge on any atom is -0.415 e. The Bertz CT molecular complexity index is 686. The van der Waals surface area contributed by atoms with Crippen molar-refractivity contribution in [1.29, 1.82) is 0 Å². The zero-order valence-corrected chi connectivity index (χ0v) is 18.2. The van der Waals surface area contributed by atoms with Crippen molar-refractivity contribution in [3.63, 3.8) is 0 Å². The highest BCUT2D eigenvalue weighted by Gasteiger charge is 2.38. The van der Waals surface area contributed by atoms with Crippen molar-refractivity contribution in [1.82, 2.24) is 5.32 Å². The number of hydrogen-bond donors (Lipinski definition) is 1. The maximum Gasteiger partial charge on any atom is 0.573 e. The van der Waals surface area contributed by atoms with Crippen molar-refractivity contribution in [3.05, 3.63) is 29.8 Å². The first-order chi connectivity index (χ1) is 12.8. The maximum atomic E-state index is 12.6. The zero-order valence-electron chi connectivity index (χ0n) is 17.2. The van der Waals surface area contributed by atoms with Crippen LogP contribution in [0.1, 0.15) is 39.2 Å². The second kappa shape index (κ2) is 8.55. The second-order valence-corrected chi connectivity index (χ2v) is 13.7. The highest BCUT2D eigenvalue weighted by atomic mass is 28.4. The van der Waals surface area contributed by atoms with Crippen LogP contribution in [-0.4, -0.2) is 39.2 Å². The van der Waals surface area contributed by atoms with E-state index < -0.39 is 14.7 Å². The first-order valence-electron chi connectivity index (χ1n) is 9.54. The van der Waals surface area contributed by atoms with Crippen LogP contribution in [0.2, 0.25) is 18.1 Å². The van der Waals surface area contributed by atoms with Gasteiger partial charge in [0.25, 0.3) is 0 Å². The van der Waals surface area contributed by atoms with Crippen molar-refractivity contribution in [2.75, 3.05) is 6.61 Å². The molecule has 0 radical (unpaired) electrons. The number of carbonyl (C=O) groups excluding carboxylic acids is 1. The smallest absolute Gasteiger partial charge is 0.415 e. The van der Waals surface area contributed by atoms with E-state index >= 15 is 0 Å². The molecule has 4 nitrogen and oxygen atoms in total. The first-order valence-corrected chi connectivity index (χ1v) is 12.4. The molecule has 1 saturated heterocycles. The van der Waals surface area contributed by atoms with E-state index in [1.165, 1.54) is 18.2 Å². The fourth-order valence-electron chi connectivity index (χ4n) is 2.91. The van der Waals surface area contributed by atoms with Crippen LogP contribution in [-0.2, 0) is 15.6 Å². The molecule has 0 spiro atoms. The monoisotopic (exact) mass is 417 g/mol. The molecule has 2 rings (SSSR count). The standard InChI is InChI=1S/C20H30F3NO3Si/c1-19(2,3)28(4,5)26-13-15-9-10-17(24-15)18(25)12-14-7-6-8-16(11-14)27-20(21,22)23/h6-8,11,15,17,24H,9-10,12-13H2,1-5H3/t15-,17+/m1/s1. The van der Waals surface area contributed by atoms with Gasteiger partial charge in [-0.1, -0.05) is 32.9 Å². The lowest BCUT2D eigenvalue weighted by molar-refractivity contribution is -0.274. The molecule has 0 bridgehead atoms. The van der Waals surface area contributed by atoms with Gasteiger partial charge in [0.05, 0.1) is 6.04 Å². The van der Waals surface area contributed by atoms with E-state index in [2.05, 4.69) is 43.9 Å². The molecular weight excluding hydrogens is 387 g/mol. The summed E-state index contributed by atoms with van der Waals surface area (Å²) in [4.78, 5) is 12.6. The Labute approximate surface area is 165 Å². The van der Waals surface area contributed by atoms with Crippen molar-refractivity contribution >= 4 is 14.1 Å². The van der Waals surface area contributed by atoms with Crippen molar-refractivity contribution in [2.24, 2.45) is 0 Å². The number of nitrogens with one attached hydrogen (secondary N) is 1. The van der Waals surface area contributed by atoms with E-state index in [1.807, 2.05) is 0 Å². The predicted molar refractivity (Wildman–Crippen MR) is 105 cm³/mol. The molecule has 158 valence electrons. The summed E-state index contributed by atoms with van der Waals surface area (Å²) in [5, 5.41) is 3.45. The number of Topliss-reactive ketones (excluding diaryl/α,β-unsaturated/α-hetero) is 1. The van der Waals surface area contributed by atoms with E-state index in [1.54, 1.807) is 6.07 Å². The molecule has 0 aromatic heterocycles. The predicted octanol–water partition coefficient (Wildman–Crippen LogP) is 4.84. The van der Waals surface area contributed by atoms with Gasteiger partial charge in [0.1, 0.15) is 5.75 Å². The lowest BCUT2D eigenvalue weighted by Crippen LogP contribution is -2.45. The third kappa shape index (κ3) is 6.60. The molecule has 28 heavy (non-hydrogen) atoms. The molecule has 1 aromatic rings. The molecule has 0 amide bonds. The minimum absolute atomic E-state index is 0.0287. The van der Waals surface area contributed by atoms with Gasteiger partial charge in [-0.2, -0.15) is 0 Å². The van der Waals surface area contributed by atoms with Gasteiger partial charge in [0, 0.05) is 19.1 Å². The average Bonchev–Trinajstić information content (AvgIpc) is 3.00. The fraction of sp³-hybridized carbons (Fsp3) is 0.650. The van der Waals surface area contributed by atoms with Crippen molar-refractivity contribution in [2.45, 2.75) is 76.6 Å². The third-order valence-corrected chi connectivity index (χ3v) is 10.1. The lowest BCUT2D eigenvalue weighted by Gasteiger charge is -2.37. The molecular formula is C20H30F3NO3Si. The van der Waals surface area contributed by atoms with E-state index in [0.29, 0.717) is 18.6 Å². The average molecular weight is 418 g/mol. The zero-order chi connectivity index (χ0) is 21.2. The Kier molecular flexibility index (Phi) is 6.99. The van der Waals surface area contributed by atoms with Gasteiger partial charge >= 0.3 is 6.36 Å². The Morgan fingerprint density at radius 1 is 1.21 bits per heavy atom. The second-order valence-electron chi connectivity index (χ2n) is 8.90. The number of carbonyl (C=O) groups is 1. The number of hydrogen-bond acceptors (Lipinski definition) is 4. The van der Waals surface area contributed by atoms with Gasteiger partial charge in [-0.25, -0.2) is 0 Å². The highest BCUT2D eigenvalue weighted by molar-refractivity contribution is 6.74. The van der Waals surface area contributed by atoms with Crippen molar-refractivity contribution < 1.29 is 27.1 Å². The molecule has 0 aliphatic carbocycles. The molecule has 0 saturated carbocycles. The summed E-state index contributed by atoms with van der Waals surface area (Å²) in [6.07, 6.45) is -3.11. The van der Waals surface area contributed by atoms with E-state index in [-0.39, 0.29) is 35.1 Å². The quantitative estimate of drug-likeness (QED) is 0.645. The Morgan fingerprint density at radius 3 is 2.50 bits per heavy atom. The van der Waals surface area contributed by atoms with Gasteiger partial charge in [0.15, 0.2) is 14.1 Å². The van der Waals surface area contributed by atoms with Gasteiger partial charge < -0.3 is 14.5 Å². The topological polar surface area (TPSA) is 47.6 Å². The molecule has 1 aromatic carbocycles. The molecule has 1 fully saturated rings. The van der Waals surface area contributed by atoms with E-state index in [9.17, 15) is 18.0 Å². The van der Waals surface area contributed by atoms with Gasteiger partial charge in [0.2, 0.25) is 0 Å². The summed E-state index contributed by atoms with van der Waals surface area (Å²) in [6, 6.07) is 5.42. The molecule has 0 unspecified atom stereocenters. The first kappa shape index (κ1) is 22.9. The summed E-state index contributed by atoms with van der Waals surface area (Å²) in [5.41, 5.74) is 0.509. The molecule has 1 N–H and O–H groups in total. The lowest BCUT2D eigenvalue weighted by atomic mass is 10.0. The maximum absolute atomic E-state index is 12.6. The van der Waals surface area contributed by atoms with Crippen LogP contribution in [0.4, 0.5) is 13.2 Å². The van der Waals surface area contributed by atoms with Crippen LogP contribution >= 0.6 is 0 Å². The number of benzene rings is 1. The molecule has 1 aliphatic heterocycles. The van der Waals surface area contributed by atoms with Crippen LogP contribution in [0.15, 0.2) is 24.3 Å².